The molecule has 0 saturated heterocycles. The van der Waals surface area contributed by atoms with Crippen LogP contribution in [0, 0.1) is 11.8 Å². The number of nitrogens with zero attached hydrogens (tertiary/aromatic N) is 3. The smallest absolute Gasteiger partial charge is 0.0560 e. The Hall–Kier alpha value is -5.25. The van der Waals surface area contributed by atoms with Crippen LogP contribution >= 0.6 is 0 Å². The third kappa shape index (κ3) is 8.14. The van der Waals surface area contributed by atoms with Gasteiger partial charge >= 0.3 is 0 Å². The summed E-state index contributed by atoms with van der Waals surface area (Å²) in [5.74, 6) is 0.0391. The highest BCUT2D eigenvalue weighted by Crippen LogP contribution is 2.37. The molecule has 0 atom stereocenters. The van der Waals surface area contributed by atoms with Gasteiger partial charge in [-0.3, -0.25) is 14.8 Å². The number of rotatable bonds is 12. The van der Waals surface area contributed by atoms with Crippen LogP contribution in [0.1, 0.15) is 33.6 Å². The molecular weight excluding hydrogens is 544 g/mol. The number of carboxylic acid groups (broad SMARTS) is 4. The van der Waals surface area contributed by atoms with E-state index in [0.717, 1.165) is 32.1 Å². The van der Waals surface area contributed by atoms with E-state index in [4.69, 9.17) is 5.73 Å². The molecule has 0 amide bonds. The molecule has 2 N–H and O–H groups in total. The highest BCUT2D eigenvalue weighted by Gasteiger charge is 2.18. The lowest BCUT2D eigenvalue weighted by atomic mass is 10.0. The van der Waals surface area contributed by atoms with Crippen LogP contribution in [0.15, 0.2) is 48.5 Å². The van der Waals surface area contributed by atoms with Gasteiger partial charge in [0.15, 0.2) is 0 Å². The van der Waals surface area contributed by atoms with Crippen LogP contribution in [-0.2, 0) is 38.7 Å². The number of aliphatic carboxylic acids is 4. The second kappa shape index (κ2) is 12.9. The summed E-state index contributed by atoms with van der Waals surface area (Å²) in [6, 6.07) is 14.6. The Morgan fingerprint density at radius 2 is 1.12 bits per heavy atom. The Kier molecular flexibility index (Phi) is 9.16. The van der Waals surface area contributed by atoms with Crippen molar-refractivity contribution in [2.24, 2.45) is 0 Å². The SMILES string of the molecule is Nc1ccc2c(c1)Cc1cc(C#Cc3cc(CN(CC(=O)[O-])CC(=O)[O-])nc(CN(CC(=O)[O-])CC(=O)[O-])c3)ccc1-2. The molecule has 1 aliphatic rings. The van der Waals surface area contributed by atoms with Crippen molar-refractivity contribution in [2.45, 2.75) is 19.5 Å². The first-order valence-electron chi connectivity index (χ1n) is 12.7. The van der Waals surface area contributed by atoms with Crippen molar-refractivity contribution >= 4 is 29.6 Å². The maximum absolute atomic E-state index is 11.2. The predicted molar refractivity (Wildman–Crippen MR) is 140 cm³/mol. The molecule has 12 heteroatoms. The zero-order valence-corrected chi connectivity index (χ0v) is 22.3. The van der Waals surface area contributed by atoms with E-state index in [2.05, 4.69) is 16.8 Å². The number of nitrogen functional groups attached to an aromatic ring is 1. The number of carbonyl (C=O) groups excluding carboxylic acids is 4. The van der Waals surface area contributed by atoms with Crippen molar-refractivity contribution in [2.75, 3.05) is 31.9 Å². The molecule has 1 heterocycles. The third-order valence-corrected chi connectivity index (χ3v) is 6.37. The Morgan fingerprint density at radius 1 is 0.667 bits per heavy atom. The van der Waals surface area contributed by atoms with Crippen LogP contribution in [-0.4, -0.2) is 64.8 Å². The molecule has 12 nitrogen and oxygen atoms in total. The van der Waals surface area contributed by atoms with E-state index in [1.54, 1.807) is 0 Å². The Morgan fingerprint density at radius 3 is 1.62 bits per heavy atom. The Labute approximate surface area is 240 Å². The van der Waals surface area contributed by atoms with Gasteiger partial charge in [0.1, 0.15) is 0 Å². The van der Waals surface area contributed by atoms with E-state index < -0.39 is 50.1 Å². The lowest BCUT2D eigenvalue weighted by molar-refractivity contribution is -0.313. The Balaban J connectivity index is 1.66. The number of carbonyl (C=O) groups is 4. The van der Waals surface area contributed by atoms with Crippen molar-refractivity contribution in [1.82, 2.24) is 14.8 Å². The number of nitrogens with two attached hydrogens (primary N) is 1. The molecule has 0 fully saturated rings. The molecule has 216 valence electrons. The second-order valence-electron chi connectivity index (χ2n) is 9.83. The van der Waals surface area contributed by atoms with E-state index >= 15 is 0 Å². The van der Waals surface area contributed by atoms with Gasteiger partial charge in [0.25, 0.3) is 0 Å². The van der Waals surface area contributed by atoms with Crippen molar-refractivity contribution < 1.29 is 39.6 Å². The summed E-state index contributed by atoms with van der Waals surface area (Å²) in [6.45, 7) is -3.36. The summed E-state index contributed by atoms with van der Waals surface area (Å²) in [5.41, 5.74) is 12.5. The zero-order chi connectivity index (χ0) is 30.4. The van der Waals surface area contributed by atoms with E-state index in [1.165, 1.54) is 12.1 Å². The molecule has 0 radical (unpaired) electrons. The van der Waals surface area contributed by atoms with Gasteiger partial charge in [0.2, 0.25) is 0 Å². The van der Waals surface area contributed by atoms with Crippen LogP contribution in [0.3, 0.4) is 0 Å². The lowest BCUT2D eigenvalue weighted by Crippen LogP contribution is -2.44. The Bertz CT molecular complexity index is 1540. The molecule has 0 spiro atoms. The first-order valence-corrected chi connectivity index (χ1v) is 12.7. The molecule has 0 aliphatic heterocycles. The fourth-order valence-corrected chi connectivity index (χ4v) is 4.86. The van der Waals surface area contributed by atoms with E-state index in [-0.39, 0.29) is 24.5 Å². The van der Waals surface area contributed by atoms with Gasteiger partial charge in [0.05, 0.1) is 35.3 Å². The average Bonchev–Trinajstić information content (AvgIpc) is 3.22. The van der Waals surface area contributed by atoms with Crippen molar-refractivity contribution in [3.8, 4) is 23.0 Å². The first kappa shape index (κ1) is 29.7. The van der Waals surface area contributed by atoms with Crippen LogP contribution in [0.2, 0.25) is 0 Å². The van der Waals surface area contributed by atoms with Crippen molar-refractivity contribution in [1.29, 1.82) is 0 Å². The number of anilines is 1. The van der Waals surface area contributed by atoms with Gasteiger partial charge in [0, 0.05) is 56.1 Å². The minimum atomic E-state index is -1.51. The van der Waals surface area contributed by atoms with Gasteiger partial charge in [-0.25, -0.2) is 0 Å². The molecule has 4 rings (SSSR count). The monoisotopic (exact) mass is 568 g/mol. The highest BCUT2D eigenvalue weighted by atomic mass is 16.4. The topological polar surface area (TPSA) is 206 Å². The normalized spacial score (nSPS) is 11.5. The van der Waals surface area contributed by atoms with Crippen molar-refractivity contribution in [3.05, 3.63) is 82.2 Å². The van der Waals surface area contributed by atoms with E-state index in [9.17, 15) is 39.6 Å². The number of pyridine rings is 1. The molecule has 1 aliphatic carbocycles. The first-order chi connectivity index (χ1) is 19.9. The van der Waals surface area contributed by atoms with Gasteiger partial charge < -0.3 is 45.3 Å². The second-order valence-corrected chi connectivity index (χ2v) is 9.83. The number of hydrogen-bond donors (Lipinski definition) is 1. The molecule has 1 aromatic heterocycles. The standard InChI is InChI=1S/C30H28N4O8/c31-22-4-6-26-21(11-22)10-20-7-18(3-5-25(20)26)1-2-19-8-23(12-33(14-27(35)36)15-28(37)38)32-24(9-19)13-34(16-29(39)40)17-30(41)42/h3-9,11H,10,12-17,31H2,(H,35,36)(H,37,38)(H,39,40)(H,41,42)/p-4. The minimum absolute atomic E-state index is 0.211. The lowest BCUT2D eigenvalue weighted by Gasteiger charge is -2.24. The molecule has 0 bridgehead atoms. The van der Waals surface area contributed by atoms with Gasteiger partial charge in [-0.15, -0.1) is 0 Å². The number of carboxylic acids is 4. The fourth-order valence-electron chi connectivity index (χ4n) is 4.86. The molecule has 2 aromatic carbocycles. The highest BCUT2D eigenvalue weighted by molar-refractivity contribution is 5.79. The molecule has 0 unspecified atom stereocenters. The van der Waals surface area contributed by atoms with Gasteiger partial charge in [-0.1, -0.05) is 24.0 Å². The number of aromatic nitrogens is 1. The summed E-state index contributed by atoms with van der Waals surface area (Å²) < 4.78 is 0. The van der Waals surface area contributed by atoms with Crippen LogP contribution in [0.5, 0.6) is 0 Å². The minimum Gasteiger partial charge on any atom is -0.549 e. The zero-order valence-electron chi connectivity index (χ0n) is 22.3. The summed E-state index contributed by atoms with van der Waals surface area (Å²) in [4.78, 5) is 51.0. The maximum atomic E-state index is 11.2. The average molecular weight is 569 g/mol. The largest absolute Gasteiger partial charge is 0.549 e. The van der Waals surface area contributed by atoms with Gasteiger partial charge in [-0.2, -0.15) is 0 Å². The molecule has 0 saturated carbocycles. The van der Waals surface area contributed by atoms with Crippen LogP contribution in [0.25, 0.3) is 11.1 Å². The predicted octanol–water partition coefficient (Wildman–Crippen LogP) is -3.76. The van der Waals surface area contributed by atoms with Crippen LogP contribution < -0.4 is 26.2 Å². The third-order valence-electron chi connectivity index (χ3n) is 6.37. The van der Waals surface area contributed by atoms with E-state index in [1.807, 2.05) is 36.4 Å². The van der Waals surface area contributed by atoms with E-state index in [0.29, 0.717) is 23.2 Å². The summed E-state index contributed by atoms with van der Waals surface area (Å²) in [6.07, 6.45) is 0.703. The number of hydrogen-bond acceptors (Lipinski definition) is 12. The van der Waals surface area contributed by atoms with Crippen molar-refractivity contribution in [3.63, 3.8) is 0 Å². The molecule has 42 heavy (non-hydrogen) atoms. The fraction of sp³-hybridized carbons (Fsp3) is 0.233. The van der Waals surface area contributed by atoms with Crippen LogP contribution in [0.4, 0.5) is 5.69 Å². The summed E-state index contributed by atoms with van der Waals surface area (Å²) >= 11 is 0. The van der Waals surface area contributed by atoms with Gasteiger partial charge in [-0.05, 0) is 65.1 Å². The summed E-state index contributed by atoms with van der Waals surface area (Å²) in [7, 11) is 0. The number of benzene rings is 2. The maximum Gasteiger partial charge on any atom is 0.0560 e. The summed E-state index contributed by atoms with van der Waals surface area (Å²) in [5, 5.41) is 44.6. The molecule has 3 aromatic rings. The molecular formula is C30H24N4O8-4. The number of fused-ring (bicyclic) bond motifs is 3. The quantitative estimate of drug-likeness (QED) is 0.129.